The minimum atomic E-state index is 0.149. The Morgan fingerprint density at radius 1 is 2.00 bits per heavy atom. The van der Waals surface area contributed by atoms with E-state index in [1.165, 1.54) is 0 Å². The standard InChI is InChI=1S/C2H7O2P/c1-4-5-2-3/h3,5H,2H2,1H3. The van der Waals surface area contributed by atoms with Gasteiger partial charge in [0.05, 0.1) is 6.35 Å². The topological polar surface area (TPSA) is 29.5 Å². The van der Waals surface area contributed by atoms with Crippen LogP contribution >= 0.6 is 8.81 Å². The molecular formula is C2H7O2P. The summed E-state index contributed by atoms with van der Waals surface area (Å²) in [5, 5.41) is 7.95. The molecule has 5 heavy (non-hydrogen) atoms. The second kappa shape index (κ2) is 4.35. The Balaban J connectivity index is 2.19. The SMILES string of the molecule is COPCO. The van der Waals surface area contributed by atoms with Crippen LogP contribution in [0.5, 0.6) is 0 Å². The summed E-state index contributed by atoms with van der Waals surface area (Å²) in [4.78, 5) is 0. The van der Waals surface area contributed by atoms with Gasteiger partial charge in [-0.15, -0.1) is 0 Å². The van der Waals surface area contributed by atoms with Crippen LogP contribution in [0.4, 0.5) is 0 Å². The second-order valence-corrected chi connectivity index (χ2v) is 1.52. The van der Waals surface area contributed by atoms with Crippen LogP contribution in [0.25, 0.3) is 0 Å². The lowest BCUT2D eigenvalue weighted by molar-refractivity contribution is 0.350. The normalized spacial score (nSPS) is 10.8. The van der Waals surface area contributed by atoms with Crippen molar-refractivity contribution in [3.05, 3.63) is 0 Å². The highest BCUT2D eigenvalue weighted by atomic mass is 31.1. The van der Waals surface area contributed by atoms with Crippen LogP contribution in [0.2, 0.25) is 0 Å². The molecule has 0 aromatic rings. The molecule has 32 valence electrons. The van der Waals surface area contributed by atoms with E-state index in [1.807, 2.05) is 0 Å². The van der Waals surface area contributed by atoms with E-state index in [0.717, 1.165) is 0 Å². The van der Waals surface area contributed by atoms with E-state index in [9.17, 15) is 0 Å². The van der Waals surface area contributed by atoms with Gasteiger partial charge in [-0.2, -0.15) is 0 Å². The van der Waals surface area contributed by atoms with Crippen molar-refractivity contribution < 1.29 is 9.63 Å². The summed E-state index contributed by atoms with van der Waals surface area (Å²) in [6.07, 6.45) is 0.149. The van der Waals surface area contributed by atoms with Crippen molar-refractivity contribution in [2.45, 2.75) is 0 Å². The van der Waals surface area contributed by atoms with Gasteiger partial charge in [0.1, 0.15) is 0 Å². The van der Waals surface area contributed by atoms with Gasteiger partial charge in [0.25, 0.3) is 0 Å². The molecule has 1 N–H and O–H groups in total. The summed E-state index contributed by atoms with van der Waals surface area (Å²) in [5.74, 6) is 0. The molecule has 0 aliphatic rings. The van der Waals surface area contributed by atoms with Gasteiger partial charge in [-0.05, 0) is 0 Å². The molecule has 0 amide bonds. The molecule has 0 aliphatic carbocycles. The lowest BCUT2D eigenvalue weighted by Crippen LogP contribution is -1.65. The predicted octanol–water partition coefficient (Wildman–Crippen LogP) is 0.176. The molecule has 0 saturated heterocycles. The van der Waals surface area contributed by atoms with Crippen molar-refractivity contribution in [3.63, 3.8) is 0 Å². The molecule has 0 spiro atoms. The molecule has 0 aliphatic heterocycles. The first-order valence-corrected chi connectivity index (χ1v) is 2.40. The van der Waals surface area contributed by atoms with Crippen LogP contribution in [0.3, 0.4) is 0 Å². The van der Waals surface area contributed by atoms with Crippen molar-refractivity contribution in [3.8, 4) is 0 Å². The molecule has 1 unspecified atom stereocenters. The monoisotopic (exact) mass is 94.0 g/mol. The van der Waals surface area contributed by atoms with Crippen molar-refractivity contribution in [2.24, 2.45) is 0 Å². The van der Waals surface area contributed by atoms with E-state index in [2.05, 4.69) is 4.52 Å². The Bertz CT molecular complexity index is 15.1. The summed E-state index contributed by atoms with van der Waals surface area (Å²) >= 11 is 0. The van der Waals surface area contributed by atoms with Crippen molar-refractivity contribution in [1.29, 1.82) is 0 Å². The van der Waals surface area contributed by atoms with Crippen LogP contribution in [-0.2, 0) is 4.52 Å². The van der Waals surface area contributed by atoms with Crippen LogP contribution < -0.4 is 0 Å². The van der Waals surface area contributed by atoms with Crippen molar-refractivity contribution >= 4 is 8.81 Å². The lowest BCUT2D eigenvalue weighted by Gasteiger charge is -1.84. The van der Waals surface area contributed by atoms with E-state index >= 15 is 0 Å². The fourth-order valence-electron chi connectivity index (χ4n) is 0.0645. The van der Waals surface area contributed by atoms with Crippen LogP contribution in [-0.4, -0.2) is 18.6 Å². The molecule has 3 heteroatoms. The molecule has 0 aromatic carbocycles. The van der Waals surface area contributed by atoms with Crippen LogP contribution in [0.15, 0.2) is 0 Å². The molecule has 0 saturated carbocycles. The largest absolute Gasteiger partial charge is 0.390 e. The lowest BCUT2D eigenvalue weighted by atomic mass is 11.7. The number of hydrogen-bond acceptors (Lipinski definition) is 2. The first-order chi connectivity index (χ1) is 2.41. The molecule has 0 rings (SSSR count). The second-order valence-electron chi connectivity index (χ2n) is 0.507. The summed E-state index contributed by atoms with van der Waals surface area (Å²) in [5.41, 5.74) is 0. The van der Waals surface area contributed by atoms with E-state index in [0.29, 0.717) is 0 Å². The first-order valence-electron chi connectivity index (χ1n) is 1.28. The zero-order chi connectivity index (χ0) is 4.12. The maximum Gasteiger partial charge on any atom is 0.0844 e. The van der Waals surface area contributed by atoms with Gasteiger partial charge >= 0.3 is 0 Å². The van der Waals surface area contributed by atoms with E-state index in [4.69, 9.17) is 5.11 Å². The molecule has 2 nitrogen and oxygen atoms in total. The van der Waals surface area contributed by atoms with E-state index in [-0.39, 0.29) is 15.2 Å². The summed E-state index contributed by atoms with van der Waals surface area (Å²) in [6, 6.07) is 0. The molecular weight excluding hydrogens is 87.0 g/mol. The van der Waals surface area contributed by atoms with Crippen molar-refractivity contribution in [1.82, 2.24) is 0 Å². The van der Waals surface area contributed by atoms with Gasteiger partial charge < -0.3 is 9.63 Å². The fourth-order valence-corrected chi connectivity index (χ4v) is 0.194. The minimum absolute atomic E-state index is 0.149. The Kier molecular flexibility index (Phi) is 4.65. The maximum absolute atomic E-state index is 7.95. The maximum atomic E-state index is 7.95. The summed E-state index contributed by atoms with van der Waals surface area (Å²) in [7, 11) is 1.82. The molecule has 0 fully saturated rings. The predicted molar refractivity (Wildman–Crippen MR) is 22.4 cm³/mol. The first kappa shape index (κ1) is 5.35. The smallest absolute Gasteiger partial charge is 0.0844 e. The van der Waals surface area contributed by atoms with Crippen molar-refractivity contribution in [2.75, 3.05) is 13.5 Å². The Morgan fingerprint density at radius 3 is 2.60 bits per heavy atom. The highest BCUT2D eigenvalue weighted by Crippen LogP contribution is 2.03. The average molecular weight is 94.0 g/mol. The molecule has 0 bridgehead atoms. The highest BCUT2D eigenvalue weighted by molar-refractivity contribution is 7.31. The van der Waals surface area contributed by atoms with Crippen LogP contribution in [0.1, 0.15) is 0 Å². The molecule has 0 radical (unpaired) electrons. The van der Waals surface area contributed by atoms with E-state index in [1.54, 1.807) is 7.11 Å². The Morgan fingerprint density at radius 2 is 2.60 bits per heavy atom. The highest BCUT2D eigenvalue weighted by Gasteiger charge is 1.67. The summed E-state index contributed by atoms with van der Waals surface area (Å²) in [6.45, 7) is 0. The van der Waals surface area contributed by atoms with Gasteiger partial charge in [-0.1, -0.05) is 0 Å². The number of aliphatic hydroxyl groups is 1. The molecule has 1 atom stereocenters. The van der Waals surface area contributed by atoms with Gasteiger partial charge in [-0.3, -0.25) is 0 Å². The third-order valence-corrected chi connectivity index (χ3v) is 0.627. The fraction of sp³-hybridized carbons (Fsp3) is 1.00. The average Bonchev–Trinajstić information content (AvgIpc) is 1.41. The minimum Gasteiger partial charge on any atom is -0.390 e. The quantitative estimate of drug-likeness (QED) is 0.494. The number of aliphatic hydroxyl groups excluding tert-OH is 1. The molecule has 0 heterocycles. The third-order valence-electron chi connectivity index (χ3n) is 0.209. The number of rotatable bonds is 2. The number of hydrogen-bond donors (Lipinski definition) is 1. The van der Waals surface area contributed by atoms with Gasteiger partial charge in [-0.25, -0.2) is 0 Å². The van der Waals surface area contributed by atoms with E-state index < -0.39 is 0 Å². The summed E-state index contributed by atoms with van der Waals surface area (Å²) < 4.78 is 4.47. The zero-order valence-corrected chi connectivity index (χ0v) is 4.06. The Labute approximate surface area is 33.0 Å². The van der Waals surface area contributed by atoms with Gasteiger partial charge in [0.2, 0.25) is 0 Å². The third kappa shape index (κ3) is 4.35. The van der Waals surface area contributed by atoms with Crippen LogP contribution in [0, 0.1) is 0 Å². The Hall–Kier alpha value is 0.350. The van der Waals surface area contributed by atoms with Gasteiger partial charge in [0, 0.05) is 15.9 Å². The molecule has 0 aromatic heterocycles. The van der Waals surface area contributed by atoms with Gasteiger partial charge in [0.15, 0.2) is 0 Å². The zero-order valence-electron chi connectivity index (χ0n) is 3.06.